The van der Waals surface area contributed by atoms with Crippen molar-refractivity contribution >= 4 is 5.69 Å². The van der Waals surface area contributed by atoms with E-state index in [1.165, 1.54) is 27.9 Å². The van der Waals surface area contributed by atoms with E-state index >= 15 is 0 Å². The molecule has 1 aliphatic heterocycles. The predicted molar refractivity (Wildman–Crippen MR) is 79.0 cm³/mol. The van der Waals surface area contributed by atoms with Gasteiger partial charge in [-0.15, -0.1) is 0 Å². The van der Waals surface area contributed by atoms with Gasteiger partial charge in [0.05, 0.1) is 13.2 Å². The van der Waals surface area contributed by atoms with Crippen LogP contribution in [0, 0.1) is 13.8 Å². The molecule has 2 heteroatoms. The molecule has 0 radical (unpaired) electrons. The second-order valence-electron chi connectivity index (χ2n) is 5.23. The molecule has 0 amide bonds. The van der Waals surface area contributed by atoms with Crippen LogP contribution in [0.2, 0.25) is 0 Å². The van der Waals surface area contributed by atoms with Gasteiger partial charge in [0, 0.05) is 5.69 Å². The zero-order valence-electron chi connectivity index (χ0n) is 11.7. The van der Waals surface area contributed by atoms with E-state index < -0.39 is 0 Å². The van der Waals surface area contributed by atoms with Gasteiger partial charge in [-0.2, -0.15) is 0 Å². The molecular weight excluding hydrogens is 234 g/mol. The molecule has 0 spiro atoms. The minimum Gasteiger partial charge on any atom is -0.497 e. The largest absolute Gasteiger partial charge is 0.497 e. The molecule has 0 fully saturated rings. The van der Waals surface area contributed by atoms with Crippen LogP contribution in [0.4, 0.5) is 5.69 Å². The molecule has 2 aromatic carbocycles. The maximum absolute atomic E-state index is 5.27. The number of anilines is 1. The van der Waals surface area contributed by atoms with E-state index in [2.05, 4.69) is 49.5 Å². The quantitative estimate of drug-likeness (QED) is 0.872. The molecule has 1 N–H and O–H groups in total. The van der Waals surface area contributed by atoms with Crippen LogP contribution in [0.15, 0.2) is 36.4 Å². The summed E-state index contributed by atoms with van der Waals surface area (Å²) in [5.41, 5.74) is 6.69. The molecule has 1 unspecified atom stereocenters. The second-order valence-corrected chi connectivity index (χ2v) is 5.23. The summed E-state index contributed by atoms with van der Waals surface area (Å²) in [5, 5.41) is 3.66. The molecule has 1 atom stereocenters. The SMILES string of the molecule is COc1ccc(C2Cc3cccc(C)c3N2)c(C)c1. The Morgan fingerprint density at radius 1 is 1.11 bits per heavy atom. The Morgan fingerprint density at radius 3 is 2.63 bits per heavy atom. The lowest BCUT2D eigenvalue weighted by atomic mass is 9.98. The van der Waals surface area contributed by atoms with Crippen molar-refractivity contribution in [1.29, 1.82) is 0 Å². The monoisotopic (exact) mass is 253 g/mol. The van der Waals surface area contributed by atoms with Crippen molar-refractivity contribution < 1.29 is 4.74 Å². The molecule has 0 saturated heterocycles. The lowest BCUT2D eigenvalue weighted by molar-refractivity contribution is 0.414. The van der Waals surface area contributed by atoms with Crippen molar-refractivity contribution in [2.24, 2.45) is 0 Å². The summed E-state index contributed by atoms with van der Waals surface area (Å²) in [6, 6.07) is 13.2. The van der Waals surface area contributed by atoms with Crippen molar-refractivity contribution in [3.63, 3.8) is 0 Å². The Kier molecular flexibility index (Phi) is 2.94. The smallest absolute Gasteiger partial charge is 0.119 e. The number of hydrogen-bond acceptors (Lipinski definition) is 2. The van der Waals surface area contributed by atoms with Gasteiger partial charge in [-0.05, 0) is 54.7 Å². The summed E-state index contributed by atoms with van der Waals surface area (Å²) in [7, 11) is 1.71. The molecule has 98 valence electrons. The third kappa shape index (κ3) is 2.07. The van der Waals surface area contributed by atoms with Crippen LogP contribution >= 0.6 is 0 Å². The van der Waals surface area contributed by atoms with Crippen molar-refractivity contribution in [3.05, 3.63) is 58.7 Å². The molecule has 0 saturated carbocycles. The normalized spacial score (nSPS) is 16.9. The molecule has 3 rings (SSSR count). The number of benzene rings is 2. The fourth-order valence-electron chi connectivity index (χ4n) is 2.90. The van der Waals surface area contributed by atoms with Crippen LogP contribution in [0.3, 0.4) is 0 Å². The number of fused-ring (bicyclic) bond motifs is 1. The van der Waals surface area contributed by atoms with Crippen molar-refractivity contribution in [1.82, 2.24) is 0 Å². The highest BCUT2D eigenvalue weighted by atomic mass is 16.5. The first-order valence-corrected chi connectivity index (χ1v) is 6.68. The lowest BCUT2D eigenvalue weighted by Crippen LogP contribution is -2.08. The number of methoxy groups -OCH3 is 1. The van der Waals surface area contributed by atoms with E-state index in [9.17, 15) is 0 Å². The van der Waals surface area contributed by atoms with Gasteiger partial charge in [-0.25, -0.2) is 0 Å². The zero-order chi connectivity index (χ0) is 13.4. The van der Waals surface area contributed by atoms with Gasteiger partial charge in [0.25, 0.3) is 0 Å². The molecule has 0 aliphatic carbocycles. The standard InChI is InChI=1S/C17H19NO/c1-11-5-4-6-13-10-16(18-17(11)13)15-8-7-14(19-3)9-12(15)2/h4-9,16,18H,10H2,1-3H3. The van der Waals surface area contributed by atoms with Gasteiger partial charge in [0.1, 0.15) is 5.75 Å². The number of aryl methyl sites for hydroxylation is 2. The Hall–Kier alpha value is -1.96. The van der Waals surface area contributed by atoms with Gasteiger partial charge in [-0.3, -0.25) is 0 Å². The predicted octanol–water partition coefficient (Wildman–Crippen LogP) is 4.02. The number of rotatable bonds is 2. The highest BCUT2D eigenvalue weighted by Gasteiger charge is 2.24. The summed E-state index contributed by atoms with van der Waals surface area (Å²) < 4.78 is 5.27. The van der Waals surface area contributed by atoms with Crippen LogP contribution in [0.25, 0.3) is 0 Å². The molecular formula is C17H19NO. The molecule has 19 heavy (non-hydrogen) atoms. The van der Waals surface area contributed by atoms with Crippen LogP contribution in [0.5, 0.6) is 5.75 Å². The first-order valence-electron chi connectivity index (χ1n) is 6.68. The van der Waals surface area contributed by atoms with Crippen molar-refractivity contribution in [2.75, 3.05) is 12.4 Å². The van der Waals surface area contributed by atoms with Gasteiger partial charge >= 0.3 is 0 Å². The summed E-state index contributed by atoms with van der Waals surface area (Å²) in [6.07, 6.45) is 1.06. The summed E-state index contributed by atoms with van der Waals surface area (Å²) in [6.45, 7) is 4.31. The number of hydrogen-bond donors (Lipinski definition) is 1. The Morgan fingerprint density at radius 2 is 1.95 bits per heavy atom. The fourth-order valence-corrected chi connectivity index (χ4v) is 2.90. The fraction of sp³-hybridized carbons (Fsp3) is 0.294. The van der Waals surface area contributed by atoms with E-state index in [1.54, 1.807) is 7.11 Å². The first-order chi connectivity index (χ1) is 9.19. The van der Waals surface area contributed by atoms with Gasteiger partial charge in [0.15, 0.2) is 0 Å². The topological polar surface area (TPSA) is 21.3 Å². The number of ether oxygens (including phenoxy) is 1. The summed E-state index contributed by atoms with van der Waals surface area (Å²) in [5.74, 6) is 0.924. The van der Waals surface area contributed by atoms with Crippen LogP contribution in [-0.4, -0.2) is 7.11 Å². The molecule has 0 aromatic heterocycles. The Bertz CT molecular complexity index is 619. The molecule has 2 nitrogen and oxygen atoms in total. The number of nitrogens with one attached hydrogen (secondary N) is 1. The van der Waals surface area contributed by atoms with Gasteiger partial charge < -0.3 is 10.1 Å². The average Bonchev–Trinajstić information content (AvgIpc) is 2.83. The van der Waals surface area contributed by atoms with E-state index in [0.717, 1.165) is 12.2 Å². The van der Waals surface area contributed by atoms with Crippen LogP contribution in [0.1, 0.15) is 28.3 Å². The third-order valence-electron chi connectivity index (χ3n) is 3.95. The average molecular weight is 253 g/mol. The van der Waals surface area contributed by atoms with Gasteiger partial charge in [0.2, 0.25) is 0 Å². The molecule has 1 heterocycles. The number of para-hydroxylation sites is 1. The second kappa shape index (κ2) is 4.61. The first kappa shape index (κ1) is 12.1. The highest BCUT2D eigenvalue weighted by molar-refractivity contribution is 5.63. The van der Waals surface area contributed by atoms with E-state index in [1.807, 2.05) is 6.07 Å². The minimum atomic E-state index is 0.377. The van der Waals surface area contributed by atoms with E-state index in [4.69, 9.17) is 4.74 Å². The molecule has 1 aliphatic rings. The Balaban J connectivity index is 1.93. The third-order valence-corrected chi connectivity index (χ3v) is 3.95. The Labute approximate surface area is 114 Å². The van der Waals surface area contributed by atoms with Gasteiger partial charge in [-0.1, -0.05) is 24.3 Å². The maximum Gasteiger partial charge on any atom is 0.119 e. The molecule has 0 bridgehead atoms. The zero-order valence-corrected chi connectivity index (χ0v) is 11.7. The minimum absolute atomic E-state index is 0.377. The summed E-state index contributed by atoms with van der Waals surface area (Å²) in [4.78, 5) is 0. The summed E-state index contributed by atoms with van der Waals surface area (Å²) >= 11 is 0. The van der Waals surface area contributed by atoms with Crippen molar-refractivity contribution in [2.45, 2.75) is 26.3 Å². The maximum atomic E-state index is 5.27. The van der Waals surface area contributed by atoms with E-state index in [0.29, 0.717) is 6.04 Å². The van der Waals surface area contributed by atoms with Crippen molar-refractivity contribution in [3.8, 4) is 5.75 Å². The highest BCUT2D eigenvalue weighted by Crippen LogP contribution is 2.37. The van der Waals surface area contributed by atoms with E-state index in [-0.39, 0.29) is 0 Å². The lowest BCUT2D eigenvalue weighted by Gasteiger charge is -2.16. The van der Waals surface area contributed by atoms with Crippen LogP contribution in [-0.2, 0) is 6.42 Å². The van der Waals surface area contributed by atoms with Crippen LogP contribution < -0.4 is 10.1 Å². The molecule has 2 aromatic rings.